The molecule has 0 spiro atoms. The first-order chi connectivity index (χ1) is 18.0. The van der Waals surface area contributed by atoms with E-state index in [1.807, 2.05) is 0 Å². The Bertz CT molecular complexity index is 1000. The van der Waals surface area contributed by atoms with Crippen molar-refractivity contribution in [2.24, 2.45) is 22.2 Å². The van der Waals surface area contributed by atoms with Crippen LogP contribution in [0.3, 0.4) is 0 Å². The van der Waals surface area contributed by atoms with E-state index in [9.17, 15) is 9.90 Å². The molecule has 0 aliphatic heterocycles. The third kappa shape index (κ3) is 8.57. The molecule has 39 heavy (non-hydrogen) atoms. The molecule has 0 aromatic heterocycles. The standard InChI is InChI=1S/C37H58O2/c1-27(2)13-14-33-20-24-36(34(38)39,23-17-30(7)8)37(25-18-31(9)10,26-19-32(11)12)35(33,21-15-28(3)4)22-16-29(5)6/h13,15-20,24,33H,14,21-23,25-26H2,1-12H3,(H,38,39). The van der Waals surface area contributed by atoms with Gasteiger partial charge in [-0.25, -0.2) is 0 Å². The van der Waals surface area contributed by atoms with Gasteiger partial charge in [0.1, 0.15) is 0 Å². The van der Waals surface area contributed by atoms with Crippen LogP contribution in [-0.4, -0.2) is 11.1 Å². The summed E-state index contributed by atoms with van der Waals surface area (Å²) in [6, 6.07) is 0. The summed E-state index contributed by atoms with van der Waals surface area (Å²) in [7, 11) is 0. The zero-order valence-electron chi connectivity index (χ0n) is 27.3. The van der Waals surface area contributed by atoms with Gasteiger partial charge in [0.05, 0.1) is 5.41 Å². The van der Waals surface area contributed by atoms with E-state index in [-0.39, 0.29) is 11.3 Å². The van der Waals surface area contributed by atoms with E-state index in [1.165, 1.54) is 27.9 Å². The number of carbonyl (C=O) groups is 1. The Kier molecular flexibility index (Phi) is 13.2. The van der Waals surface area contributed by atoms with Gasteiger partial charge < -0.3 is 5.11 Å². The molecule has 0 aromatic rings. The quantitative estimate of drug-likeness (QED) is 0.239. The lowest BCUT2D eigenvalue weighted by molar-refractivity contribution is -0.169. The monoisotopic (exact) mass is 534 g/mol. The van der Waals surface area contributed by atoms with Crippen LogP contribution in [0.4, 0.5) is 0 Å². The lowest BCUT2D eigenvalue weighted by atomic mass is 9.39. The Balaban J connectivity index is 4.50. The molecule has 0 saturated heterocycles. The Hall–Kier alpha value is -2.35. The van der Waals surface area contributed by atoms with Crippen LogP contribution in [0.2, 0.25) is 0 Å². The predicted molar refractivity (Wildman–Crippen MR) is 172 cm³/mol. The minimum absolute atomic E-state index is 0.217. The molecule has 1 rings (SSSR count). The molecule has 1 aliphatic carbocycles. The van der Waals surface area contributed by atoms with Gasteiger partial charge in [-0.2, -0.15) is 0 Å². The summed E-state index contributed by atoms with van der Waals surface area (Å²) in [6.07, 6.45) is 22.8. The predicted octanol–water partition coefficient (Wildman–Crippen LogP) is 11.4. The number of allylic oxidation sites excluding steroid dienone is 13. The summed E-state index contributed by atoms with van der Waals surface area (Å²) in [4.78, 5) is 13.8. The first kappa shape index (κ1) is 34.7. The highest BCUT2D eigenvalue weighted by Crippen LogP contribution is 2.69. The summed E-state index contributed by atoms with van der Waals surface area (Å²) in [5, 5.41) is 11.3. The average Bonchev–Trinajstić information content (AvgIpc) is 2.81. The molecule has 2 heteroatoms. The molecule has 0 radical (unpaired) electrons. The van der Waals surface area contributed by atoms with Crippen molar-refractivity contribution in [2.75, 3.05) is 0 Å². The van der Waals surface area contributed by atoms with E-state index in [2.05, 4.69) is 132 Å². The molecule has 0 amide bonds. The van der Waals surface area contributed by atoms with Gasteiger partial charge in [-0.05, 0) is 133 Å². The van der Waals surface area contributed by atoms with Crippen LogP contribution in [0, 0.1) is 22.2 Å². The molecule has 0 bridgehead atoms. The molecule has 2 unspecified atom stereocenters. The molecule has 0 aromatic carbocycles. The third-order valence-corrected chi connectivity index (χ3v) is 8.59. The highest BCUT2D eigenvalue weighted by molar-refractivity contribution is 5.80. The molecule has 0 saturated carbocycles. The van der Waals surface area contributed by atoms with E-state index in [4.69, 9.17) is 0 Å². The molecule has 1 aliphatic rings. The van der Waals surface area contributed by atoms with Gasteiger partial charge in [-0.3, -0.25) is 4.79 Å². The van der Waals surface area contributed by atoms with E-state index in [0.717, 1.165) is 37.7 Å². The zero-order valence-corrected chi connectivity index (χ0v) is 27.3. The average molecular weight is 535 g/mol. The lowest BCUT2D eigenvalue weighted by Gasteiger charge is -2.63. The van der Waals surface area contributed by atoms with Gasteiger partial charge in [-0.15, -0.1) is 0 Å². The third-order valence-electron chi connectivity index (χ3n) is 8.59. The van der Waals surface area contributed by atoms with Crippen LogP contribution < -0.4 is 0 Å². The minimum Gasteiger partial charge on any atom is -0.481 e. The van der Waals surface area contributed by atoms with Crippen LogP contribution in [0.25, 0.3) is 0 Å². The van der Waals surface area contributed by atoms with Crippen molar-refractivity contribution >= 4 is 5.97 Å². The highest BCUT2D eigenvalue weighted by atomic mass is 16.4. The first-order valence-electron chi connectivity index (χ1n) is 14.8. The van der Waals surface area contributed by atoms with Gasteiger partial charge in [0.2, 0.25) is 0 Å². The van der Waals surface area contributed by atoms with E-state index < -0.39 is 16.8 Å². The summed E-state index contributed by atoms with van der Waals surface area (Å²) in [5.74, 6) is -0.492. The molecule has 0 heterocycles. The first-order valence-corrected chi connectivity index (χ1v) is 14.8. The SMILES string of the molecule is CC(C)=CCC1C=CC(CC=C(C)C)(C(=O)O)C(CC=C(C)C)(CC=C(C)C)C1(CC=C(C)C)CC=C(C)C. The van der Waals surface area contributed by atoms with Crippen molar-refractivity contribution in [1.82, 2.24) is 0 Å². The summed E-state index contributed by atoms with van der Waals surface area (Å²) in [5.41, 5.74) is 5.63. The van der Waals surface area contributed by atoms with Gasteiger partial charge in [0.15, 0.2) is 0 Å². The summed E-state index contributed by atoms with van der Waals surface area (Å²) >= 11 is 0. The van der Waals surface area contributed by atoms with Crippen molar-refractivity contribution in [3.63, 3.8) is 0 Å². The Morgan fingerprint density at radius 3 is 1.31 bits per heavy atom. The fourth-order valence-electron chi connectivity index (χ4n) is 6.24. The smallest absolute Gasteiger partial charge is 0.314 e. The molecule has 2 nitrogen and oxygen atoms in total. The number of hydrogen-bond donors (Lipinski definition) is 1. The van der Waals surface area contributed by atoms with Crippen molar-refractivity contribution in [2.45, 2.75) is 122 Å². The molecule has 1 N–H and O–H groups in total. The van der Waals surface area contributed by atoms with Crippen LogP contribution in [0.5, 0.6) is 0 Å². The van der Waals surface area contributed by atoms with Crippen molar-refractivity contribution in [3.8, 4) is 0 Å². The molecular weight excluding hydrogens is 476 g/mol. The van der Waals surface area contributed by atoms with E-state index in [0.29, 0.717) is 6.42 Å². The number of carboxylic acids is 1. The summed E-state index contributed by atoms with van der Waals surface area (Å²) in [6.45, 7) is 25.7. The van der Waals surface area contributed by atoms with Crippen LogP contribution >= 0.6 is 0 Å². The number of aliphatic carboxylic acids is 1. The topological polar surface area (TPSA) is 37.3 Å². The van der Waals surface area contributed by atoms with Gasteiger partial charge in [0.25, 0.3) is 0 Å². The van der Waals surface area contributed by atoms with Crippen LogP contribution in [0.1, 0.15) is 122 Å². The number of carboxylic acid groups (broad SMARTS) is 1. The maximum atomic E-state index is 13.8. The van der Waals surface area contributed by atoms with Crippen molar-refractivity contribution < 1.29 is 9.90 Å². The normalized spacial score (nSPS) is 20.8. The lowest BCUT2D eigenvalue weighted by Crippen LogP contribution is -2.60. The zero-order chi connectivity index (χ0) is 30.0. The fourth-order valence-corrected chi connectivity index (χ4v) is 6.24. The van der Waals surface area contributed by atoms with Gasteiger partial charge in [0, 0.05) is 5.41 Å². The largest absolute Gasteiger partial charge is 0.481 e. The highest BCUT2D eigenvalue weighted by Gasteiger charge is 2.66. The van der Waals surface area contributed by atoms with Gasteiger partial charge in [-0.1, -0.05) is 82.0 Å². The van der Waals surface area contributed by atoms with Gasteiger partial charge >= 0.3 is 5.97 Å². The maximum Gasteiger partial charge on any atom is 0.314 e. The van der Waals surface area contributed by atoms with Crippen LogP contribution in [-0.2, 0) is 4.79 Å². The number of rotatable bonds is 13. The Morgan fingerprint density at radius 2 is 0.949 bits per heavy atom. The maximum absolute atomic E-state index is 13.8. The minimum atomic E-state index is -1.03. The van der Waals surface area contributed by atoms with Crippen molar-refractivity contribution in [3.05, 3.63) is 82.0 Å². The molecule has 0 fully saturated rings. The fraction of sp³-hybridized carbons (Fsp3) is 0.595. The second-order valence-corrected chi connectivity index (χ2v) is 13.4. The van der Waals surface area contributed by atoms with Crippen molar-refractivity contribution in [1.29, 1.82) is 0 Å². The Morgan fingerprint density at radius 1 is 0.590 bits per heavy atom. The van der Waals surface area contributed by atoms with E-state index >= 15 is 0 Å². The number of hydrogen-bond acceptors (Lipinski definition) is 1. The molecular formula is C37H58O2. The summed E-state index contributed by atoms with van der Waals surface area (Å²) < 4.78 is 0. The molecule has 2 atom stereocenters. The second kappa shape index (κ2) is 14.9. The second-order valence-electron chi connectivity index (χ2n) is 13.4. The van der Waals surface area contributed by atoms with Crippen LogP contribution in [0.15, 0.2) is 82.0 Å². The van der Waals surface area contributed by atoms with E-state index in [1.54, 1.807) is 0 Å². The Labute approximate surface area is 241 Å². The molecule has 218 valence electrons.